The molecule has 118 valence electrons. The minimum atomic E-state index is -0.324. The standard InChI is InChI=1S/C18H25Cl2F/c1-2-3-5-14-8-10-18(13-19,11-9-14)12-15-6-4-7-16(21)17(15)20/h4,6-7,14H,2-3,5,8-13H2,1H3. The fourth-order valence-electron chi connectivity index (χ4n) is 3.52. The van der Waals surface area contributed by atoms with Gasteiger partial charge in [0.1, 0.15) is 5.82 Å². The Bertz CT molecular complexity index is 451. The highest BCUT2D eigenvalue weighted by molar-refractivity contribution is 6.31. The van der Waals surface area contributed by atoms with Gasteiger partial charge in [-0.2, -0.15) is 0 Å². The van der Waals surface area contributed by atoms with Crippen LogP contribution < -0.4 is 0 Å². The van der Waals surface area contributed by atoms with Crippen LogP contribution in [0.4, 0.5) is 4.39 Å². The number of benzene rings is 1. The van der Waals surface area contributed by atoms with Crippen molar-refractivity contribution in [2.75, 3.05) is 5.88 Å². The molecule has 1 aliphatic carbocycles. The Hall–Kier alpha value is -0.270. The molecule has 0 bridgehead atoms. The van der Waals surface area contributed by atoms with Gasteiger partial charge in [-0.1, -0.05) is 49.9 Å². The van der Waals surface area contributed by atoms with Crippen LogP contribution in [0.25, 0.3) is 0 Å². The van der Waals surface area contributed by atoms with Gasteiger partial charge < -0.3 is 0 Å². The van der Waals surface area contributed by atoms with E-state index in [1.54, 1.807) is 6.07 Å². The lowest BCUT2D eigenvalue weighted by atomic mass is 9.68. The van der Waals surface area contributed by atoms with E-state index in [0.717, 1.165) is 30.7 Å². The molecule has 0 radical (unpaired) electrons. The van der Waals surface area contributed by atoms with E-state index < -0.39 is 0 Å². The molecule has 2 rings (SSSR count). The number of unbranched alkanes of at least 4 members (excludes halogenated alkanes) is 1. The normalized spacial score (nSPS) is 26.0. The zero-order valence-electron chi connectivity index (χ0n) is 12.8. The van der Waals surface area contributed by atoms with Crippen LogP contribution in [-0.2, 0) is 6.42 Å². The van der Waals surface area contributed by atoms with Crippen LogP contribution in [0.3, 0.4) is 0 Å². The summed E-state index contributed by atoms with van der Waals surface area (Å²) in [5, 5.41) is 0.273. The third-order valence-electron chi connectivity index (χ3n) is 5.01. The molecule has 0 heterocycles. The number of rotatable bonds is 6. The lowest BCUT2D eigenvalue weighted by Crippen LogP contribution is -2.31. The van der Waals surface area contributed by atoms with E-state index in [1.165, 1.54) is 38.2 Å². The van der Waals surface area contributed by atoms with Crippen molar-refractivity contribution in [3.8, 4) is 0 Å². The molecule has 0 aliphatic heterocycles. The first kappa shape index (κ1) is 17.1. The van der Waals surface area contributed by atoms with E-state index in [1.807, 2.05) is 6.07 Å². The van der Waals surface area contributed by atoms with Crippen LogP contribution in [0.15, 0.2) is 18.2 Å². The van der Waals surface area contributed by atoms with Crippen molar-refractivity contribution in [1.82, 2.24) is 0 Å². The molecule has 1 aliphatic rings. The van der Waals surface area contributed by atoms with Gasteiger partial charge in [-0.05, 0) is 55.1 Å². The minimum Gasteiger partial charge on any atom is -0.205 e. The van der Waals surface area contributed by atoms with Gasteiger partial charge >= 0.3 is 0 Å². The molecule has 0 amide bonds. The largest absolute Gasteiger partial charge is 0.205 e. The van der Waals surface area contributed by atoms with Crippen LogP contribution in [0, 0.1) is 17.2 Å². The summed E-state index contributed by atoms with van der Waals surface area (Å²) in [6.45, 7) is 2.25. The van der Waals surface area contributed by atoms with Crippen LogP contribution in [0.1, 0.15) is 57.4 Å². The van der Waals surface area contributed by atoms with E-state index >= 15 is 0 Å². The summed E-state index contributed by atoms with van der Waals surface area (Å²) in [6, 6.07) is 5.09. The third-order valence-corrected chi connectivity index (χ3v) is 6.00. The zero-order valence-corrected chi connectivity index (χ0v) is 14.3. The van der Waals surface area contributed by atoms with Crippen molar-refractivity contribution in [2.24, 2.45) is 11.3 Å². The molecule has 0 nitrogen and oxygen atoms in total. The molecule has 1 aromatic carbocycles. The molecule has 0 unspecified atom stereocenters. The van der Waals surface area contributed by atoms with Gasteiger partial charge in [0, 0.05) is 5.88 Å². The molecule has 1 fully saturated rings. The Kier molecular flexibility index (Phi) is 6.37. The van der Waals surface area contributed by atoms with E-state index in [4.69, 9.17) is 23.2 Å². The predicted molar refractivity (Wildman–Crippen MR) is 89.8 cm³/mol. The minimum absolute atomic E-state index is 0.0989. The molecule has 0 aromatic heterocycles. The highest BCUT2D eigenvalue weighted by Gasteiger charge is 2.35. The highest BCUT2D eigenvalue weighted by Crippen LogP contribution is 2.44. The SMILES string of the molecule is CCCCC1CCC(CCl)(Cc2cccc(F)c2Cl)CC1. The summed E-state index contributed by atoms with van der Waals surface area (Å²) in [4.78, 5) is 0. The van der Waals surface area contributed by atoms with Gasteiger partial charge in [0.25, 0.3) is 0 Å². The molecule has 0 N–H and O–H groups in total. The van der Waals surface area contributed by atoms with Crippen molar-refractivity contribution in [3.63, 3.8) is 0 Å². The Morgan fingerprint density at radius 1 is 1.29 bits per heavy atom. The molecule has 1 saturated carbocycles. The fraction of sp³-hybridized carbons (Fsp3) is 0.667. The Labute approximate surface area is 138 Å². The van der Waals surface area contributed by atoms with Crippen molar-refractivity contribution in [1.29, 1.82) is 0 Å². The smallest absolute Gasteiger partial charge is 0.142 e. The maximum atomic E-state index is 13.6. The summed E-state index contributed by atoms with van der Waals surface area (Å²) in [5.74, 6) is 1.17. The Morgan fingerprint density at radius 3 is 2.62 bits per heavy atom. The first-order valence-corrected chi connectivity index (χ1v) is 9.00. The summed E-state index contributed by atoms with van der Waals surface area (Å²) in [5.41, 5.74) is 1.01. The van der Waals surface area contributed by atoms with Crippen LogP contribution in [-0.4, -0.2) is 5.88 Å². The van der Waals surface area contributed by atoms with Gasteiger partial charge in [-0.25, -0.2) is 4.39 Å². The van der Waals surface area contributed by atoms with Crippen molar-refractivity contribution in [2.45, 2.75) is 58.3 Å². The molecular weight excluding hydrogens is 306 g/mol. The molecule has 1 aromatic rings. The van der Waals surface area contributed by atoms with Crippen LogP contribution in [0.5, 0.6) is 0 Å². The number of hydrogen-bond donors (Lipinski definition) is 0. The fourth-order valence-corrected chi connectivity index (χ4v) is 4.07. The molecule has 3 heteroatoms. The van der Waals surface area contributed by atoms with Gasteiger partial charge in [0.05, 0.1) is 5.02 Å². The second-order valence-corrected chi connectivity index (χ2v) is 7.25. The number of hydrogen-bond acceptors (Lipinski definition) is 0. The predicted octanol–water partition coefficient (Wildman–Crippen LogP) is 6.63. The lowest BCUT2D eigenvalue weighted by molar-refractivity contribution is 0.166. The molecule has 21 heavy (non-hydrogen) atoms. The Balaban J connectivity index is 2.01. The second-order valence-electron chi connectivity index (χ2n) is 6.61. The summed E-state index contributed by atoms with van der Waals surface area (Å²) >= 11 is 12.4. The van der Waals surface area contributed by atoms with Crippen LogP contribution >= 0.6 is 23.2 Å². The third kappa shape index (κ3) is 4.36. The van der Waals surface area contributed by atoms with Gasteiger partial charge in [0.2, 0.25) is 0 Å². The van der Waals surface area contributed by atoms with Gasteiger partial charge in [0.15, 0.2) is 0 Å². The number of alkyl halides is 1. The molecule has 0 saturated heterocycles. The lowest BCUT2D eigenvalue weighted by Gasteiger charge is -2.39. The first-order chi connectivity index (χ1) is 10.1. The van der Waals surface area contributed by atoms with Crippen molar-refractivity contribution in [3.05, 3.63) is 34.6 Å². The summed E-state index contributed by atoms with van der Waals surface area (Å²) < 4.78 is 13.6. The van der Waals surface area contributed by atoms with E-state index in [2.05, 4.69) is 6.92 Å². The van der Waals surface area contributed by atoms with Crippen molar-refractivity contribution >= 4 is 23.2 Å². The monoisotopic (exact) mass is 330 g/mol. The van der Waals surface area contributed by atoms with Gasteiger partial charge in [-0.15, -0.1) is 11.6 Å². The summed E-state index contributed by atoms with van der Waals surface area (Å²) in [7, 11) is 0. The average Bonchev–Trinajstić information content (AvgIpc) is 2.51. The van der Waals surface area contributed by atoms with E-state index in [9.17, 15) is 4.39 Å². The second kappa shape index (κ2) is 7.83. The zero-order chi connectivity index (χ0) is 15.3. The average molecular weight is 331 g/mol. The maximum Gasteiger partial charge on any atom is 0.142 e. The summed E-state index contributed by atoms with van der Waals surface area (Å²) in [6.07, 6.45) is 9.52. The first-order valence-electron chi connectivity index (χ1n) is 8.09. The highest BCUT2D eigenvalue weighted by atomic mass is 35.5. The molecular formula is C18H25Cl2F. The Morgan fingerprint density at radius 2 is 2.00 bits per heavy atom. The van der Waals surface area contributed by atoms with E-state index in [-0.39, 0.29) is 16.3 Å². The van der Waals surface area contributed by atoms with Crippen LogP contribution in [0.2, 0.25) is 5.02 Å². The maximum absolute atomic E-state index is 13.6. The topological polar surface area (TPSA) is 0 Å². The van der Waals surface area contributed by atoms with Crippen molar-refractivity contribution < 1.29 is 4.39 Å². The molecule has 0 spiro atoms. The molecule has 0 atom stereocenters. The quantitative estimate of drug-likeness (QED) is 0.513. The number of halogens is 3. The van der Waals surface area contributed by atoms with E-state index in [0.29, 0.717) is 5.88 Å². The van der Waals surface area contributed by atoms with Gasteiger partial charge in [-0.3, -0.25) is 0 Å².